The lowest BCUT2D eigenvalue weighted by Gasteiger charge is -2.06. The number of hydrogen-bond acceptors (Lipinski definition) is 5. The van der Waals surface area contributed by atoms with Gasteiger partial charge in [-0.1, -0.05) is 18.2 Å². The second-order valence-electron chi connectivity index (χ2n) is 4.34. The number of non-ortho nitro benzene ring substituents is 1. The Morgan fingerprint density at radius 3 is 2.71 bits per heavy atom. The highest BCUT2D eigenvalue weighted by molar-refractivity contribution is 7.80. The van der Waals surface area contributed by atoms with Crippen molar-refractivity contribution in [2.24, 2.45) is 0 Å². The number of nitro benzene ring substituents is 1. The van der Waals surface area contributed by atoms with Crippen LogP contribution in [-0.2, 0) is 4.79 Å². The Morgan fingerprint density at radius 1 is 1.33 bits per heavy atom. The molecule has 6 heteroatoms. The first-order valence-electron chi connectivity index (χ1n) is 6.10. The fraction of sp³-hybridized carbons (Fsp3) is 0.0667. The molecule has 21 heavy (non-hydrogen) atoms. The third kappa shape index (κ3) is 3.55. The summed E-state index contributed by atoms with van der Waals surface area (Å²) in [5, 5.41) is 11.2. The Balaban J connectivity index is 2.53. The number of rotatable bonds is 4. The lowest BCUT2D eigenvalue weighted by molar-refractivity contribution is -0.384. The number of hydrogen-bond donors (Lipinski definition) is 1. The molecule has 0 aliphatic carbocycles. The number of nitrogens with zero attached hydrogens (tertiary/aromatic N) is 2. The summed E-state index contributed by atoms with van der Waals surface area (Å²) in [7, 11) is 0. The van der Waals surface area contributed by atoms with Gasteiger partial charge < -0.3 is 0 Å². The van der Waals surface area contributed by atoms with Gasteiger partial charge in [0, 0.05) is 29.5 Å². The van der Waals surface area contributed by atoms with Crippen molar-refractivity contribution in [2.45, 2.75) is 11.9 Å². The quantitative estimate of drug-likeness (QED) is 0.406. The van der Waals surface area contributed by atoms with Crippen LogP contribution >= 0.6 is 12.6 Å². The summed E-state index contributed by atoms with van der Waals surface area (Å²) in [5.74, 6) is -0.162. The monoisotopic (exact) mass is 300 g/mol. The van der Waals surface area contributed by atoms with Crippen molar-refractivity contribution in [3.8, 4) is 0 Å². The normalized spacial score (nSPS) is 11.2. The number of pyridine rings is 1. The predicted octanol–water partition coefficient (Wildman–Crippen LogP) is 3.41. The SMILES string of the molecule is CC(=O)C(=Cc1cccc([N+](=O)[O-])c1)c1cccnc1S. The maximum atomic E-state index is 11.9. The molecule has 5 nitrogen and oxygen atoms in total. The minimum absolute atomic E-state index is 0.0241. The summed E-state index contributed by atoms with van der Waals surface area (Å²) in [6.45, 7) is 1.43. The summed E-state index contributed by atoms with van der Waals surface area (Å²) >= 11 is 4.24. The van der Waals surface area contributed by atoms with Crippen LogP contribution < -0.4 is 0 Å². The van der Waals surface area contributed by atoms with Gasteiger partial charge in [0.1, 0.15) is 5.03 Å². The Labute approximate surface area is 126 Å². The van der Waals surface area contributed by atoms with Crippen LogP contribution in [0.2, 0.25) is 0 Å². The van der Waals surface area contributed by atoms with Crippen LogP contribution in [0, 0.1) is 10.1 Å². The molecule has 0 radical (unpaired) electrons. The van der Waals surface area contributed by atoms with Crippen LogP contribution in [0.15, 0.2) is 47.6 Å². The van der Waals surface area contributed by atoms with E-state index in [9.17, 15) is 14.9 Å². The zero-order valence-electron chi connectivity index (χ0n) is 11.2. The Kier molecular flexibility index (Phi) is 4.49. The molecule has 0 aliphatic rings. The molecule has 0 spiro atoms. The molecule has 106 valence electrons. The number of thiol groups is 1. The molecule has 0 saturated heterocycles. The van der Waals surface area contributed by atoms with Crippen molar-refractivity contribution >= 4 is 35.7 Å². The molecule has 0 saturated carbocycles. The first-order chi connectivity index (χ1) is 9.99. The van der Waals surface area contributed by atoms with Crippen molar-refractivity contribution in [2.75, 3.05) is 0 Å². The molecule has 1 heterocycles. The number of nitro groups is 1. The van der Waals surface area contributed by atoms with E-state index in [-0.39, 0.29) is 11.5 Å². The van der Waals surface area contributed by atoms with E-state index in [4.69, 9.17) is 0 Å². The second-order valence-corrected chi connectivity index (χ2v) is 4.76. The van der Waals surface area contributed by atoms with Gasteiger partial charge in [-0.25, -0.2) is 4.98 Å². The molecular formula is C15H12N2O3S. The Morgan fingerprint density at radius 2 is 2.10 bits per heavy atom. The highest BCUT2D eigenvalue weighted by Crippen LogP contribution is 2.25. The molecule has 0 fully saturated rings. The first kappa shape index (κ1) is 14.9. The molecule has 1 aromatic heterocycles. The Bertz CT molecular complexity index is 741. The summed E-state index contributed by atoms with van der Waals surface area (Å²) in [4.78, 5) is 26.2. The highest BCUT2D eigenvalue weighted by Gasteiger charge is 2.12. The van der Waals surface area contributed by atoms with Crippen LogP contribution in [0.1, 0.15) is 18.1 Å². The summed E-state index contributed by atoms with van der Waals surface area (Å²) in [6.07, 6.45) is 3.18. The first-order valence-corrected chi connectivity index (χ1v) is 6.55. The third-order valence-corrected chi connectivity index (χ3v) is 3.20. The van der Waals surface area contributed by atoms with Crippen LogP contribution in [-0.4, -0.2) is 15.7 Å². The van der Waals surface area contributed by atoms with Crippen LogP contribution in [0.4, 0.5) is 5.69 Å². The van der Waals surface area contributed by atoms with Gasteiger partial charge in [0.15, 0.2) is 5.78 Å². The number of allylic oxidation sites excluding steroid dienone is 1. The van der Waals surface area contributed by atoms with Crippen molar-refractivity contribution in [1.29, 1.82) is 0 Å². The van der Waals surface area contributed by atoms with Crippen LogP contribution in [0.5, 0.6) is 0 Å². The van der Waals surface area contributed by atoms with Crippen molar-refractivity contribution in [1.82, 2.24) is 4.98 Å². The highest BCUT2D eigenvalue weighted by atomic mass is 32.1. The lowest BCUT2D eigenvalue weighted by atomic mass is 10.0. The fourth-order valence-corrected chi connectivity index (χ4v) is 2.13. The number of carbonyl (C=O) groups is 1. The van der Waals surface area contributed by atoms with E-state index in [1.165, 1.54) is 19.1 Å². The zero-order chi connectivity index (χ0) is 15.4. The van der Waals surface area contributed by atoms with Crippen molar-refractivity contribution in [3.63, 3.8) is 0 Å². The molecule has 2 aromatic rings. The van der Waals surface area contributed by atoms with Gasteiger partial charge in [-0.3, -0.25) is 14.9 Å². The topological polar surface area (TPSA) is 73.1 Å². The molecule has 0 aliphatic heterocycles. The Hall–Kier alpha value is -2.47. The molecule has 0 amide bonds. The van der Waals surface area contributed by atoms with Gasteiger partial charge in [-0.2, -0.15) is 0 Å². The molecule has 0 atom stereocenters. The van der Waals surface area contributed by atoms with E-state index in [1.54, 1.807) is 36.5 Å². The van der Waals surface area contributed by atoms with Gasteiger partial charge in [0.05, 0.1) is 4.92 Å². The number of benzene rings is 1. The van der Waals surface area contributed by atoms with E-state index in [0.717, 1.165) is 0 Å². The number of carbonyl (C=O) groups excluding carboxylic acids is 1. The van der Waals surface area contributed by atoms with Gasteiger partial charge in [0.2, 0.25) is 0 Å². The third-order valence-electron chi connectivity index (χ3n) is 2.85. The average Bonchev–Trinajstić information content (AvgIpc) is 2.45. The molecule has 0 bridgehead atoms. The van der Waals surface area contributed by atoms with E-state index in [2.05, 4.69) is 17.6 Å². The van der Waals surface area contributed by atoms with E-state index in [0.29, 0.717) is 21.7 Å². The van der Waals surface area contributed by atoms with Gasteiger partial charge >= 0.3 is 0 Å². The molecule has 0 unspecified atom stereocenters. The zero-order valence-corrected chi connectivity index (χ0v) is 12.1. The number of aromatic nitrogens is 1. The van der Waals surface area contributed by atoms with Gasteiger partial charge in [0.25, 0.3) is 5.69 Å². The number of ketones is 1. The maximum absolute atomic E-state index is 11.9. The average molecular weight is 300 g/mol. The maximum Gasteiger partial charge on any atom is 0.270 e. The van der Waals surface area contributed by atoms with E-state index in [1.807, 2.05) is 0 Å². The summed E-state index contributed by atoms with van der Waals surface area (Å²) in [5.41, 5.74) is 1.56. The van der Waals surface area contributed by atoms with Gasteiger partial charge in [-0.05, 0) is 24.6 Å². The standard InChI is InChI=1S/C15H12N2O3S/c1-10(18)14(13-6-3-7-16-15(13)21)9-11-4-2-5-12(8-11)17(19)20/h2-9H,1H3,(H,16,21). The fourth-order valence-electron chi connectivity index (χ4n) is 1.87. The van der Waals surface area contributed by atoms with Gasteiger partial charge in [-0.15, -0.1) is 12.6 Å². The number of Topliss-reactive ketones (excluding diaryl/α,β-unsaturated/α-hetero) is 1. The second kappa shape index (κ2) is 6.32. The molecular weight excluding hydrogens is 288 g/mol. The molecule has 2 rings (SSSR count). The summed E-state index contributed by atoms with van der Waals surface area (Å²) < 4.78 is 0. The largest absolute Gasteiger partial charge is 0.294 e. The van der Waals surface area contributed by atoms with Crippen LogP contribution in [0.3, 0.4) is 0 Å². The van der Waals surface area contributed by atoms with Crippen molar-refractivity contribution < 1.29 is 9.72 Å². The van der Waals surface area contributed by atoms with E-state index >= 15 is 0 Å². The predicted molar refractivity (Wildman–Crippen MR) is 83.1 cm³/mol. The lowest BCUT2D eigenvalue weighted by Crippen LogP contribution is -1.98. The van der Waals surface area contributed by atoms with Crippen LogP contribution in [0.25, 0.3) is 11.6 Å². The summed E-state index contributed by atoms with van der Waals surface area (Å²) in [6, 6.07) is 9.53. The van der Waals surface area contributed by atoms with Crippen molar-refractivity contribution in [3.05, 3.63) is 63.8 Å². The molecule has 0 N–H and O–H groups in total. The minimum atomic E-state index is -0.473. The smallest absolute Gasteiger partial charge is 0.270 e. The van der Waals surface area contributed by atoms with E-state index < -0.39 is 4.92 Å². The minimum Gasteiger partial charge on any atom is -0.294 e. The molecule has 1 aromatic carbocycles.